The Hall–Kier alpha value is -1.83. The average Bonchev–Trinajstić information content (AvgIpc) is 2.27. The van der Waals surface area contributed by atoms with Crippen LogP contribution in [0.4, 0.5) is 4.79 Å². The molecule has 8 heteroatoms. The first-order chi connectivity index (χ1) is 7.88. The van der Waals surface area contributed by atoms with Gasteiger partial charge in [-0.15, -0.1) is 0 Å². The summed E-state index contributed by atoms with van der Waals surface area (Å²) < 4.78 is 4.39. The van der Waals surface area contributed by atoms with Crippen molar-refractivity contribution >= 4 is 18.0 Å². The number of amides is 2. The van der Waals surface area contributed by atoms with Gasteiger partial charge in [0.05, 0.1) is 7.11 Å². The first-order valence-electron chi connectivity index (χ1n) is 4.91. The molecule has 98 valence electrons. The monoisotopic (exact) mass is 248 g/mol. The van der Waals surface area contributed by atoms with E-state index in [2.05, 4.69) is 15.4 Å². The molecule has 0 saturated heterocycles. The number of aliphatic carboxylic acids is 1. The molecule has 0 heterocycles. The van der Waals surface area contributed by atoms with Crippen molar-refractivity contribution in [3.8, 4) is 0 Å². The molecule has 0 aromatic heterocycles. The van der Waals surface area contributed by atoms with Gasteiger partial charge in [-0.25, -0.2) is 14.4 Å². The Morgan fingerprint density at radius 3 is 2.41 bits per heavy atom. The van der Waals surface area contributed by atoms with Crippen LogP contribution in [-0.4, -0.2) is 54.0 Å². The second-order valence-electron chi connectivity index (χ2n) is 3.29. The molecule has 0 saturated carbocycles. The number of ether oxygens (including phenoxy) is 1. The summed E-state index contributed by atoms with van der Waals surface area (Å²) in [5.41, 5.74) is 0. The van der Waals surface area contributed by atoms with Gasteiger partial charge in [-0.05, 0) is 6.92 Å². The SMILES string of the molecule is COC(=O)C(C)NC(=O)NCCC(O)C(=O)O. The van der Waals surface area contributed by atoms with E-state index in [4.69, 9.17) is 10.2 Å². The number of carbonyl (C=O) groups excluding carboxylic acids is 2. The zero-order valence-electron chi connectivity index (χ0n) is 9.60. The van der Waals surface area contributed by atoms with Crippen molar-refractivity contribution in [2.24, 2.45) is 0 Å². The van der Waals surface area contributed by atoms with Gasteiger partial charge in [-0.3, -0.25) is 0 Å². The van der Waals surface area contributed by atoms with Gasteiger partial charge in [-0.2, -0.15) is 0 Å². The van der Waals surface area contributed by atoms with Gasteiger partial charge in [0.1, 0.15) is 6.04 Å². The minimum Gasteiger partial charge on any atom is -0.479 e. The van der Waals surface area contributed by atoms with Crippen LogP contribution in [0.3, 0.4) is 0 Å². The number of carboxylic acid groups (broad SMARTS) is 1. The van der Waals surface area contributed by atoms with Crippen molar-refractivity contribution < 1.29 is 29.3 Å². The van der Waals surface area contributed by atoms with Crippen LogP contribution >= 0.6 is 0 Å². The van der Waals surface area contributed by atoms with Gasteiger partial charge < -0.3 is 25.6 Å². The van der Waals surface area contributed by atoms with Crippen LogP contribution in [0.25, 0.3) is 0 Å². The maximum atomic E-state index is 11.2. The third kappa shape index (κ3) is 6.36. The predicted octanol–water partition coefficient (Wildman–Crippen LogP) is -1.32. The Balaban J connectivity index is 3.81. The zero-order chi connectivity index (χ0) is 13.4. The highest BCUT2D eigenvalue weighted by molar-refractivity contribution is 5.83. The van der Waals surface area contributed by atoms with E-state index in [-0.39, 0.29) is 13.0 Å². The lowest BCUT2D eigenvalue weighted by Crippen LogP contribution is -2.45. The molecule has 0 aliphatic carbocycles. The second-order valence-corrected chi connectivity index (χ2v) is 3.29. The minimum atomic E-state index is -1.52. The molecule has 0 fully saturated rings. The topological polar surface area (TPSA) is 125 Å². The van der Waals surface area contributed by atoms with E-state index < -0.39 is 30.1 Å². The molecule has 0 aliphatic rings. The summed E-state index contributed by atoms with van der Waals surface area (Å²) in [6.07, 6.45) is -1.64. The van der Waals surface area contributed by atoms with Gasteiger partial charge in [0, 0.05) is 13.0 Å². The van der Waals surface area contributed by atoms with E-state index in [0.717, 1.165) is 0 Å². The van der Waals surface area contributed by atoms with Crippen LogP contribution in [0.15, 0.2) is 0 Å². The van der Waals surface area contributed by atoms with Crippen LogP contribution in [0.5, 0.6) is 0 Å². The molecule has 17 heavy (non-hydrogen) atoms. The van der Waals surface area contributed by atoms with Crippen LogP contribution in [0.2, 0.25) is 0 Å². The summed E-state index contributed by atoms with van der Waals surface area (Å²) >= 11 is 0. The van der Waals surface area contributed by atoms with E-state index in [1.54, 1.807) is 0 Å². The van der Waals surface area contributed by atoms with Crippen LogP contribution in [-0.2, 0) is 14.3 Å². The molecule has 2 amide bonds. The van der Waals surface area contributed by atoms with Gasteiger partial charge in [0.2, 0.25) is 0 Å². The largest absolute Gasteiger partial charge is 0.479 e. The molecular weight excluding hydrogens is 232 g/mol. The first-order valence-corrected chi connectivity index (χ1v) is 4.91. The molecule has 4 N–H and O–H groups in total. The average molecular weight is 248 g/mol. The summed E-state index contributed by atoms with van der Waals surface area (Å²) in [5, 5.41) is 21.8. The van der Waals surface area contributed by atoms with Crippen molar-refractivity contribution in [2.45, 2.75) is 25.5 Å². The van der Waals surface area contributed by atoms with E-state index in [9.17, 15) is 14.4 Å². The lowest BCUT2D eigenvalue weighted by Gasteiger charge is -2.12. The maximum absolute atomic E-state index is 11.2. The fourth-order valence-corrected chi connectivity index (χ4v) is 0.929. The van der Waals surface area contributed by atoms with Crippen molar-refractivity contribution in [1.82, 2.24) is 10.6 Å². The Kier molecular flexibility index (Phi) is 6.64. The number of rotatable bonds is 6. The number of hydrogen-bond acceptors (Lipinski definition) is 5. The van der Waals surface area contributed by atoms with E-state index in [0.29, 0.717) is 0 Å². The molecule has 0 aromatic rings. The maximum Gasteiger partial charge on any atom is 0.332 e. The van der Waals surface area contributed by atoms with E-state index in [1.807, 2.05) is 0 Å². The van der Waals surface area contributed by atoms with Crippen molar-refractivity contribution in [1.29, 1.82) is 0 Å². The highest BCUT2D eigenvalue weighted by Gasteiger charge is 2.16. The Morgan fingerprint density at radius 1 is 1.35 bits per heavy atom. The van der Waals surface area contributed by atoms with Crippen molar-refractivity contribution in [2.75, 3.05) is 13.7 Å². The van der Waals surface area contributed by atoms with Crippen molar-refractivity contribution in [3.63, 3.8) is 0 Å². The normalized spacial score (nSPS) is 13.4. The summed E-state index contributed by atoms with van der Waals surface area (Å²) in [6, 6.07) is -1.44. The number of hydrogen-bond donors (Lipinski definition) is 4. The number of carboxylic acids is 1. The fraction of sp³-hybridized carbons (Fsp3) is 0.667. The van der Waals surface area contributed by atoms with Gasteiger partial charge in [-0.1, -0.05) is 0 Å². The van der Waals surface area contributed by atoms with Crippen LogP contribution in [0.1, 0.15) is 13.3 Å². The quantitative estimate of drug-likeness (QED) is 0.432. The summed E-state index contributed by atoms with van der Waals surface area (Å²) in [6.45, 7) is 1.42. The third-order valence-corrected chi connectivity index (χ3v) is 1.89. The molecule has 0 radical (unpaired) electrons. The van der Waals surface area contributed by atoms with Crippen LogP contribution in [0, 0.1) is 0 Å². The standard InChI is InChI=1S/C9H16N2O6/c1-5(8(15)17-2)11-9(16)10-4-3-6(12)7(13)14/h5-6,12H,3-4H2,1-2H3,(H,13,14)(H2,10,11,16). The Morgan fingerprint density at radius 2 is 1.94 bits per heavy atom. The number of aliphatic hydroxyl groups excluding tert-OH is 1. The second kappa shape index (κ2) is 7.44. The molecule has 0 spiro atoms. The summed E-state index contributed by atoms with van der Waals surface area (Å²) in [4.78, 5) is 32.3. The van der Waals surface area contributed by atoms with Crippen molar-refractivity contribution in [3.05, 3.63) is 0 Å². The van der Waals surface area contributed by atoms with Gasteiger partial charge >= 0.3 is 18.0 Å². The molecule has 2 unspecified atom stereocenters. The number of urea groups is 1. The van der Waals surface area contributed by atoms with Gasteiger partial charge in [0.25, 0.3) is 0 Å². The Bertz CT molecular complexity index is 293. The predicted molar refractivity (Wildman–Crippen MR) is 56.3 cm³/mol. The molecular formula is C9H16N2O6. The molecule has 0 bridgehead atoms. The van der Waals surface area contributed by atoms with E-state index in [1.165, 1.54) is 14.0 Å². The van der Waals surface area contributed by atoms with E-state index >= 15 is 0 Å². The van der Waals surface area contributed by atoms with Gasteiger partial charge in [0.15, 0.2) is 6.10 Å². The lowest BCUT2D eigenvalue weighted by molar-refractivity contribution is -0.146. The molecule has 2 atom stereocenters. The van der Waals surface area contributed by atoms with Crippen LogP contribution < -0.4 is 10.6 Å². The zero-order valence-corrected chi connectivity index (χ0v) is 9.60. The number of methoxy groups -OCH3 is 1. The molecule has 8 nitrogen and oxygen atoms in total. The first kappa shape index (κ1) is 15.2. The molecule has 0 rings (SSSR count). The number of nitrogens with one attached hydrogen (secondary N) is 2. The highest BCUT2D eigenvalue weighted by Crippen LogP contribution is 1.90. The Labute approximate surface area is 97.9 Å². The highest BCUT2D eigenvalue weighted by atomic mass is 16.5. The summed E-state index contributed by atoms with van der Waals surface area (Å²) in [7, 11) is 1.20. The minimum absolute atomic E-state index is 0.0206. The smallest absolute Gasteiger partial charge is 0.332 e. The molecule has 0 aromatic carbocycles. The number of carbonyl (C=O) groups is 3. The third-order valence-electron chi connectivity index (χ3n) is 1.89. The number of esters is 1. The fourth-order valence-electron chi connectivity index (χ4n) is 0.929. The number of aliphatic hydroxyl groups is 1. The lowest BCUT2D eigenvalue weighted by atomic mass is 10.2. The molecule has 0 aliphatic heterocycles. The summed E-state index contributed by atoms with van der Waals surface area (Å²) in [5.74, 6) is -1.94.